The van der Waals surface area contributed by atoms with Gasteiger partial charge in [0.15, 0.2) is 0 Å². The summed E-state index contributed by atoms with van der Waals surface area (Å²) in [6, 6.07) is 16.3. The second kappa shape index (κ2) is 8.08. The molecule has 5 heteroatoms. The fraction of sp³-hybridized carbons (Fsp3) is 0.316. The third-order valence-corrected chi connectivity index (χ3v) is 5.78. The van der Waals surface area contributed by atoms with Crippen LogP contribution in [0.1, 0.15) is 24.4 Å². The third kappa shape index (κ3) is 4.14. The van der Waals surface area contributed by atoms with Crippen molar-refractivity contribution in [2.45, 2.75) is 23.8 Å². The quantitative estimate of drug-likeness (QED) is 0.661. The van der Waals surface area contributed by atoms with Crippen LogP contribution in [0.3, 0.4) is 0 Å². The Bertz CT molecular complexity index is 688. The van der Waals surface area contributed by atoms with Crippen molar-refractivity contribution in [1.82, 2.24) is 4.90 Å². The number of halogens is 1. The standard InChI is InChI=1S/C19H20BrNO2S/c1-23-16-8-4-14(5-9-16)18-3-2-12-21(18)19(22)13-24-17-10-6-15(20)7-11-17/h4-11,18H,2-3,12-13H2,1H3/t18-/m0/s1. The van der Waals surface area contributed by atoms with Gasteiger partial charge in [0.25, 0.3) is 0 Å². The average Bonchev–Trinajstić information content (AvgIpc) is 3.11. The Morgan fingerprint density at radius 1 is 1.21 bits per heavy atom. The molecule has 0 unspecified atom stereocenters. The molecule has 126 valence electrons. The first-order valence-electron chi connectivity index (χ1n) is 7.99. The van der Waals surface area contributed by atoms with E-state index in [2.05, 4.69) is 28.1 Å². The Morgan fingerprint density at radius 2 is 1.92 bits per heavy atom. The molecule has 0 radical (unpaired) electrons. The molecule has 1 saturated heterocycles. The number of nitrogens with zero attached hydrogens (tertiary/aromatic N) is 1. The summed E-state index contributed by atoms with van der Waals surface area (Å²) in [5.74, 6) is 1.54. The zero-order valence-electron chi connectivity index (χ0n) is 13.6. The number of amides is 1. The number of benzene rings is 2. The van der Waals surface area contributed by atoms with Gasteiger partial charge in [-0.05, 0) is 54.8 Å². The number of thioether (sulfide) groups is 1. The van der Waals surface area contributed by atoms with Crippen LogP contribution < -0.4 is 4.74 Å². The van der Waals surface area contributed by atoms with E-state index in [-0.39, 0.29) is 11.9 Å². The Hall–Kier alpha value is -1.46. The molecule has 0 saturated carbocycles. The molecular formula is C19H20BrNO2S. The molecule has 0 N–H and O–H groups in total. The molecule has 1 fully saturated rings. The lowest BCUT2D eigenvalue weighted by atomic mass is 10.0. The fourth-order valence-corrected chi connectivity index (χ4v) is 4.05. The van der Waals surface area contributed by atoms with Crippen LogP contribution in [0.2, 0.25) is 0 Å². The van der Waals surface area contributed by atoms with Gasteiger partial charge in [-0.1, -0.05) is 28.1 Å². The molecule has 1 aliphatic heterocycles. The van der Waals surface area contributed by atoms with Gasteiger partial charge in [-0.3, -0.25) is 4.79 Å². The number of carbonyl (C=O) groups excluding carboxylic acids is 1. The van der Waals surface area contributed by atoms with Crippen molar-refractivity contribution >= 4 is 33.6 Å². The van der Waals surface area contributed by atoms with Crippen molar-refractivity contribution in [2.75, 3.05) is 19.4 Å². The monoisotopic (exact) mass is 405 g/mol. The molecule has 2 aromatic carbocycles. The minimum absolute atomic E-state index is 0.189. The first-order valence-corrected chi connectivity index (χ1v) is 9.77. The van der Waals surface area contributed by atoms with Gasteiger partial charge < -0.3 is 9.64 Å². The highest BCUT2D eigenvalue weighted by molar-refractivity contribution is 9.10. The Kier molecular flexibility index (Phi) is 5.85. The largest absolute Gasteiger partial charge is 0.497 e. The van der Waals surface area contributed by atoms with Gasteiger partial charge in [0, 0.05) is 15.9 Å². The maximum Gasteiger partial charge on any atom is 0.233 e. The number of likely N-dealkylation sites (tertiary alicyclic amines) is 1. The zero-order chi connectivity index (χ0) is 16.9. The zero-order valence-corrected chi connectivity index (χ0v) is 16.0. The van der Waals surface area contributed by atoms with Gasteiger partial charge in [-0.15, -0.1) is 11.8 Å². The first-order chi connectivity index (χ1) is 11.7. The lowest BCUT2D eigenvalue weighted by molar-refractivity contribution is -0.129. The van der Waals surface area contributed by atoms with Crippen LogP contribution >= 0.6 is 27.7 Å². The number of methoxy groups -OCH3 is 1. The Balaban J connectivity index is 1.63. The minimum atomic E-state index is 0.189. The van der Waals surface area contributed by atoms with Gasteiger partial charge in [-0.25, -0.2) is 0 Å². The maximum atomic E-state index is 12.7. The number of ether oxygens (including phenoxy) is 1. The number of hydrogen-bond acceptors (Lipinski definition) is 3. The van der Waals surface area contributed by atoms with Crippen molar-refractivity contribution in [3.63, 3.8) is 0 Å². The molecule has 1 amide bonds. The normalized spacial score (nSPS) is 17.1. The average molecular weight is 406 g/mol. The van der Waals surface area contributed by atoms with E-state index in [9.17, 15) is 4.79 Å². The third-order valence-electron chi connectivity index (χ3n) is 4.25. The molecule has 1 atom stereocenters. The fourth-order valence-electron chi connectivity index (χ4n) is 3.00. The van der Waals surface area contributed by atoms with Gasteiger partial charge in [0.1, 0.15) is 5.75 Å². The molecule has 2 aromatic rings. The van der Waals surface area contributed by atoms with E-state index in [0.29, 0.717) is 5.75 Å². The maximum absolute atomic E-state index is 12.7. The van der Waals surface area contributed by atoms with Crippen molar-refractivity contribution in [3.8, 4) is 5.75 Å². The second-order valence-electron chi connectivity index (χ2n) is 5.76. The molecule has 3 rings (SSSR count). The van der Waals surface area contributed by atoms with Gasteiger partial charge in [-0.2, -0.15) is 0 Å². The van der Waals surface area contributed by atoms with E-state index >= 15 is 0 Å². The highest BCUT2D eigenvalue weighted by atomic mass is 79.9. The lowest BCUT2D eigenvalue weighted by Crippen LogP contribution is -2.31. The van der Waals surface area contributed by atoms with Gasteiger partial charge >= 0.3 is 0 Å². The molecule has 3 nitrogen and oxygen atoms in total. The van der Waals surface area contributed by atoms with Crippen LogP contribution in [-0.2, 0) is 4.79 Å². The van der Waals surface area contributed by atoms with Crippen LogP contribution in [0, 0.1) is 0 Å². The summed E-state index contributed by atoms with van der Waals surface area (Å²) >= 11 is 5.03. The van der Waals surface area contributed by atoms with Crippen LogP contribution in [0.4, 0.5) is 0 Å². The van der Waals surface area contributed by atoms with Gasteiger partial charge in [0.05, 0.1) is 18.9 Å². The van der Waals surface area contributed by atoms with Crippen LogP contribution in [-0.4, -0.2) is 30.2 Å². The summed E-state index contributed by atoms with van der Waals surface area (Å²) in [6.45, 7) is 0.844. The van der Waals surface area contributed by atoms with E-state index in [1.807, 2.05) is 41.3 Å². The highest BCUT2D eigenvalue weighted by Crippen LogP contribution is 2.33. The number of carbonyl (C=O) groups is 1. The van der Waals surface area contributed by atoms with E-state index < -0.39 is 0 Å². The molecule has 0 aliphatic carbocycles. The lowest BCUT2D eigenvalue weighted by Gasteiger charge is -2.25. The first kappa shape index (κ1) is 17.4. The topological polar surface area (TPSA) is 29.5 Å². The number of rotatable bonds is 5. The van der Waals surface area contributed by atoms with E-state index in [1.165, 1.54) is 5.56 Å². The predicted molar refractivity (Wildman–Crippen MR) is 102 cm³/mol. The smallest absolute Gasteiger partial charge is 0.233 e. The van der Waals surface area contributed by atoms with E-state index in [4.69, 9.17) is 4.74 Å². The van der Waals surface area contributed by atoms with E-state index in [1.54, 1.807) is 18.9 Å². The molecule has 0 spiro atoms. The summed E-state index contributed by atoms with van der Waals surface area (Å²) in [5.41, 5.74) is 1.19. The minimum Gasteiger partial charge on any atom is -0.497 e. The summed E-state index contributed by atoms with van der Waals surface area (Å²) < 4.78 is 6.27. The highest BCUT2D eigenvalue weighted by Gasteiger charge is 2.29. The summed E-state index contributed by atoms with van der Waals surface area (Å²) in [7, 11) is 1.67. The number of hydrogen-bond donors (Lipinski definition) is 0. The van der Waals surface area contributed by atoms with Crippen LogP contribution in [0.25, 0.3) is 0 Å². The molecule has 0 aromatic heterocycles. The summed E-state index contributed by atoms with van der Waals surface area (Å²) in [5, 5.41) is 0. The predicted octanol–water partition coefficient (Wildman–Crippen LogP) is 4.91. The SMILES string of the molecule is COc1ccc([C@@H]2CCCN2C(=O)CSc2ccc(Br)cc2)cc1. The second-order valence-corrected chi connectivity index (χ2v) is 7.73. The van der Waals surface area contributed by atoms with E-state index in [0.717, 1.165) is 34.5 Å². The van der Waals surface area contributed by atoms with Crippen molar-refractivity contribution in [2.24, 2.45) is 0 Å². The summed E-state index contributed by atoms with van der Waals surface area (Å²) in [4.78, 5) is 15.8. The van der Waals surface area contributed by atoms with Crippen molar-refractivity contribution in [3.05, 3.63) is 58.6 Å². The molecule has 0 bridgehead atoms. The molecule has 1 heterocycles. The molecular weight excluding hydrogens is 386 g/mol. The van der Waals surface area contributed by atoms with Crippen molar-refractivity contribution < 1.29 is 9.53 Å². The summed E-state index contributed by atoms with van der Waals surface area (Å²) in [6.07, 6.45) is 2.09. The Labute approximate surface area is 155 Å². The van der Waals surface area contributed by atoms with Crippen molar-refractivity contribution in [1.29, 1.82) is 0 Å². The molecule has 1 aliphatic rings. The van der Waals surface area contributed by atoms with Crippen LogP contribution in [0.5, 0.6) is 5.75 Å². The van der Waals surface area contributed by atoms with Gasteiger partial charge in [0.2, 0.25) is 5.91 Å². The molecule has 24 heavy (non-hydrogen) atoms. The Morgan fingerprint density at radius 3 is 2.58 bits per heavy atom. The van der Waals surface area contributed by atoms with Crippen LogP contribution in [0.15, 0.2) is 57.9 Å².